The van der Waals surface area contributed by atoms with Gasteiger partial charge in [-0.3, -0.25) is 0 Å². The van der Waals surface area contributed by atoms with Gasteiger partial charge in [0.2, 0.25) is 11.9 Å². The summed E-state index contributed by atoms with van der Waals surface area (Å²) in [6, 6.07) is 0.560. The van der Waals surface area contributed by atoms with Gasteiger partial charge in [0.05, 0.1) is 13.2 Å². The Kier molecular flexibility index (Phi) is 7.09. The topological polar surface area (TPSA) is 111 Å². The summed E-state index contributed by atoms with van der Waals surface area (Å²) in [6.07, 6.45) is 5.23. The van der Waals surface area contributed by atoms with Crippen LogP contribution in [0.25, 0.3) is 0 Å². The van der Waals surface area contributed by atoms with Gasteiger partial charge < -0.3 is 30.4 Å². The van der Waals surface area contributed by atoms with Crippen LogP contribution in [0.1, 0.15) is 81.1 Å². The molecule has 3 aliphatic rings. The van der Waals surface area contributed by atoms with Crippen molar-refractivity contribution in [3.05, 3.63) is 6.33 Å². The molecule has 3 saturated heterocycles. The highest BCUT2D eigenvalue weighted by Gasteiger charge is 2.47. The molecule has 10 nitrogen and oxygen atoms in total. The fourth-order valence-electron chi connectivity index (χ4n) is 7.05. The van der Waals surface area contributed by atoms with E-state index in [1.54, 1.807) is 6.33 Å². The zero-order valence-corrected chi connectivity index (χ0v) is 22.9. The molecule has 0 spiro atoms. The lowest BCUT2D eigenvalue weighted by Crippen LogP contribution is -2.67. The van der Waals surface area contributed by atoms with Crippen LogP contribution in [-0.4, -0.2) is 80.3 Å². The monoisotopic (exact) mass is 490 g/mol. The van der Waals surface area contributed by atoms with Crippen molar-refractivity contribution in [2.24, 2.45) is 0 Å². The largest absolute Gasteiger partial charge is 0.376 e. The van der Waals surface area contributed by atoms with Crippen LogP contribution in [0, 0.1) is 0 Å². The first kappa shape index (κ1) is 26.5. The third-order valence-corrected chi connectivity index (χ3v) is 7.44. The molecule has 1 aromatic heterocycles. The van der Waals surface area contributed by atoms with Crippen LogP contribution >= 0.6 is 0 Å². The predicted molar refractivity (Wildman–Crippen MR) is 138 cm³/mol. The number of morpholine rings is 1. The molecule has 0 saturated carbocycles. The van der Waals surface area contributed by atoms with Crippen molar-refractivity contribution >= 4 is 11.9 Å². The van der Waals surface area contributed by atoms with Crippen LogP contribution in [0.3, 0.4) is 0 Å². The molecule has 198 valence electrons. The molecule has 0 amide bonds. The van der Waals surface area contributed by atoms with E-state index in [1.807, 2.05) is 4.90 Å². The Hall–Kier alpha value is -1.59. The first-order valence-electron chi connectivity index (χ1n) is 13.0. The molecule has 1 atom stereocenters. The summed E-state index contributed by atoms with van der Waals surface area (Å²) in [5, 5.41) is 17.3. The normalized spacial score (nSPS) is 28.6. The van der Waals surface area contributed by atoms with E-state index < -0.39 is 0 Å². The summed E-state index contributed by atoms with van der Waals surface area (Å²) in [5.74, 6) is 1.28. The Bertz CT molecular complexity index is 820. The smallest absolute Gasteiger partial charge is 0.231 e. The maximum Gasteiger partial charge on any atom is 0.231 e. The SMILES string of the molecule is CC1(C)CC(N(c2ncnc(N3CCOCC3NO)n2)C2CC(C)(C)NC(C)(C)C2)CC(C)(C)N1. The Labute approximate surface area is 210 Å². The van der Waals surface area contributed by atoms with Gasteiger partial charge in [-0.1, -0.05) is 0 Å². The summed E-state index contributed by atoms with van der Waals surface area (Å²) >= 11 is 0. The molecule has 0 radical (unpaired) electrons. The van der Waals surface area contributed by atoms with Gasteiger partial charge in [0.1, 0.15) is 12.5 Å². The number of aromatic nitrogens is 3. The van der Waals surface area contributed by atoms with Crippen molar-refractivity contribution < 1.29 is 9.94 Å². The quantitative estimate of drug-likeness (QED) is 0.459. The molecule has 10 heteroatoms. The van der Waals surface area contributed by atoms with Crippen LogP contribution in [0.15, 0.2) is 6.33 Å². The third-order valence-electron chi connectivity index (χ3n) is 7.44. The first-order valence-corrected chi connectivity index (χ1v) is 13.0. The van der Waals surface area contributed by atoms with E-state index in [0.29, 0.717) is 25.7 Å². The number of hydrogen-bond acceptors (Lipinski definition) is 10. The van der Waals surface area contributed by atoms with Crippen molar-refractivity contribution in [3.63, 3.8) is 0 Å². The van der Waals surface area contributed by atoms with E-state index in [9.17, 15) is 5.21 Å². The second kappa shape index (κ2) is 9.37. The first-order chi connectivity index (χ1) is 16.2. The molecule has 35 heavy (non-hydrogen) atoms. The second-order valence-electron chi connectivity index (χ2n) is 13.3. The van der Waals surface area contributed by atoms with Gasteiger partial charge in [-0.05, 0) is 81.1 Å². The highest BCUT2D eigenvalue weighted by molar-refractivity contribution is 5.42. The summed E-state index contributed by atoms with van der Waals surface area (Å²) < 4.78 is 5.52. The predicted octanol–water partition coefficient (Wildman–Crippen LogP) is 2.44. The fraction of sp³-hybridized carbons (Fsp3) is 0.880. The van der Waals surface area contributed by atoms with Crippen molar-refractivity contribution in [2.45, 2.75) is 121 Å². The Morgan fingerprint density at radius 2 is 1.43 bits per heavy atom. The minimum atomic E-state index is -0.388. The molecule has 3 fully saturated rings. The number of hydrogen-bond donors (Lipinski definition) is 4. The number of nitrogens with zero attached hydrogens (tertiary/aromatic N) is 5. The van der Waals surface area contributed by atoms with Crippen molar-refractivity contribution in [1.82, 2.24) is 31.1 Å². The molecular weight excluding hydrogens is 444 g/mol. The Morgan fingerprint density at radius 3 is 1.91 bits per heavy atom. The summed E-state index contributed by atoms with van der Waals surface area (Å²) in [7, 11) is 0. The molecule has 4 heterocycles. The van der Waals surface area contributed by atoms with Crippen LogP contribution in [0.2, 0.25) is 0 Å². The third kappa shape index (κ3) is 6.22. The summed E-state index contributed by atoms with van der Waals surface area (Å²) in [5.41, 5.74) is 2.32. The molecule has 0 aromatic carbocycles. The second-order valence-corrected chi connectivity index (χ2v) is 13.3. The lowest BCUT2D eigenvalue weighted by Gasteiger charge is -2.55. The van der Waals surface area contributed by atoms with Gasteiger partial charge >= 0.3 is 0 Å². The average Bonchev–Trinajstić information content (AvgIpc) is 2.69. The number of nitrogens with one attached hydrogen (secondary N) is 3. The van der Waals surface area contributed by atoms with Crippen LogP contribution in [-0.2, 0) is 4.74 Å². The molecule has 1 aromatic rings. The zero-order chi connectivity index (χ0) is 25.6. The van der Waals surface area contributed by atoms with Gasteiger partial charge in [0.15, 0.2) is 0 Å². The molecule has 3 aliphatic heterocycles. The molecule has 4 rings (SSSR count). The van der Waals surface area contributed by atoms with Crippen molar-refractivity contribution in [2.75, 3.05) is 29.6 Å². The zero-order valence-electron chi connectivity index (χ0n) is 22.9. The van der Waals surface area contributed by atoms with E-state index in [1.165, 1.54) is 0 Å². The van der Waals surface area contributed by atoms with E-state index >= 15 is 0 Å². The molecule has 1 unspecified atom stereocenters. The van der Waals surface area contributed by atoms with Gasteiger partial charge in [0.25, 0.3) is 0 Å². The van der Waals surface area contributed by atoms with Gasteiger partial charge in [-0.25, -0.2) is 9.97 Å². The van der Waals surface area contributed by atoms with E-state index in [0.717, 1.165) is 31.6 Å². The van der Waals surface area contributed by atoms with Gasteiger partial charge in [0, 0.05) is 40.8 Å². The highest BCUT2D eigenvalue weighted by Crippen LogP contribution is 2.39. The maximum atomic E-state index is 9.67. The number of piperidine rings is 2. The van der Waals surface area contributed by atoms with Crippen molar-refractivity contribution in [3.8, 4) is 0 Å². The average molecular weight is 491 g/mol. The molecule has 0 bridgehead atoms. The standard InChI is InChI=1S/C25H46N8O2/c1-22(2)11-17(12-23(3,4)30-22)33(18-13-24(5,6)31-25(7,8)14-18)21-27-16-26-20(28-21)32-9-10-35-15-19(32)29-34/h16-19,29-31,34H,9-15H2,1-8H3. The lowest BCUT2D eigenvalue weighted by atomic mass is 9.75. The fourth-order valence-corrected chi connectivity index (χ4v) is 7.05. The number of ether oxygens (including phenoxy) is 1. The molecule has 4 N–H and O–H groups in total. The number of hydroxylamine groups is 1. The van der Waals surface area contributed by atoms with Gasteiger partial charge in [-0.15, -0.1) is 0 Å². The van der Waals surface area contributed by atoms with Crippen LogP contribution < -0.4 is 25.9 Å². The lowest BCUT2D eigenvalue weighted by molar-refractivity contribution is 0.0244. The summed E-state index contributed by atoms with van der Waals surface area (Å²) in [4.78, 5) is 18.7. The van der Waals surface area contributed by atoms with Crippen LogP contribution in [0.4, 0.5) is 11.9 Å². The Morgan fingerprint density at radius 1 is 0.914 bits per heavy atom. The number of rotatable bonds is 5. The summed E-state index contributed by atoms with van der Waals surface area (Å²) in [6.45, 7) is 19.9. The van der Waals surface area contributed by atoms with E-state index in [2.05, 4.69) is 81.4 Å². The van der Waals surface area contributed by atoms with Gasteiger partial charge in [-0.2, -0.15) is 10.5 Å². The molecular formula is C25H46N8O2. The van der Waals surface area contributed by atoms with E-state index in [4.69, 9.17) is 14.7 Å². The number of anilines is 2. The molecule has 0 aliphatic carbocycles. The van der Waals surface area contributed by atoms with Crippen molar-refractivity contribution in [1.29, 1.82) is 0 Å². The van der Waals surface area contributed by atoms with E-state index in [-0.39, 0.29) is 40.4 Å². The Balaban J connectivity index is 1.75. The highest BCUT2D eigenvalue weighted by atomic mass is 16.5. The minimum Gasteiger partial charge on any atom is -0.376 e. The maximum absolute atomic E-state index is 9.67. The van der Waals surface area contributed by atoms with Crippen LogP contribution in [0.5, 0.6) is 0 Å². The minimum absolute atomic E-state index is 0.00537.